The maximum absolute atomic E-state index is 11.1. The lowest BCUT2D eigenvalue weighted by Crippen LogP contribution is -3.07. The van der Waals surface area contributed by atoms with E-state index in [0.717, 1.165) is 33.9 Å². The molecule has 3 aliphatic heterocycles. The van der Waals surface area contributed by atoms with Gasteiger partial charge in [0.1, 0.15) is 18.0 Å². The number of halogens is 2. The van der Waals surface area contributed by atoms with Gasteiger partial charge in [0, 0.05) is 22.5 Å². The number of nitrogens with zero attached hydrogens (tertiary/aromatic N) is 3. The lowest BCUT2D eigenvalue weighted by atomic mass is 10.1. The number of aliphatic imine (C=N–C) groups is 2. The van der Waals surface area contributed by atoms with Crippen molar-refractivity contribution < 1.29 is 27.2 Å². The fraction of sp³-hybridized carbons (Fsp3) is 0.364. The molecule has 0 saturated carbocycles. The minimum Gasteiger partial charge on any atom is -1.00 e. The van der Waals surface area contributed by atoms with E-state index in [-0.39, 0.29) is 18.4 Å². The first-order valence-electron chi connectivity index (χ1n) is 5.72. The van der Waals surface area contributed by atoms with Gasteiger partial charge in [-0.25, -0.2) is 4.90 Å². The lowest BCUT2D eigenvalue weighted by Gasteiger charge is -2.26. The van der Waals surface area contributed by atoms with Crippen molar-refractivity contribution in [3.05, 3.63) is 23.8 Å². The molecule has 19 heavy (non-hydrogen) atoms. The Kier molecular flexibility index (Phi) is 4.07. The maximum atomic E-state index is 11.1. The van der Waals surface area contributed by atoms with E-state index in [2.05, 4.69) is 25.9 Å². The van der Waals surface area contributed by atoms with Crippen LogP contribution in [-0.2, 0) is 0 Å². The van der Waals surface area contributed by atoms with Crippen LogP contribution in [0.3, 0.4) is 0 Å². The number of carbonyl (C=O) groups is 1. The van der Waals surface area contributed by atoms with Crippen LogP contribution in [0.25, 0.3) is 0 Å². The highest BCUT2D eigenvalue weighted by Crippen LogP contribution is 2.27. The van der Waals surface area contributed by atoms with E-state index in [1.54, 1.807) is 12.4 Å². The van der Waals surface area contributed by atoms with E-state index in [9.17, 15) is 9.90 Å². The molecule has 2 unspecified atom stereocenters. The third kappa shape index (κ3) is 2.33. The average molecular weight is 347 g/mol. The molecule has 0 aliphatic carbocycles. The van der Waals surface area contributed by atoms with Crippen molar-refractivity contribution in [2.24, 2.45) is 9.98 Å². The Bertz CT molecular complexity index is 529. The number of rotatable bonds is 1. The summed E-state index contributed by atoms with van der Waals surface area (Å²) in [6, 6.07) is -0.215. The van der Waals surface area contributed by atoms with Gasteiger partial charge in [0.2, 0.25) is 0 Å². The molecule has 0 aromatic heterocycles. The molecule has 3 rings (SSSR count). The van der Waals surface area contributed by atoms with Gasteiger partial charge < -0.3 is 27.2 Å². The first-order chi connectivity index (χ1) is 8.68. The van der Waals surface area contributed by atoms with Gasteiger partial charge >= 0.3 is 0 Å². The normalized spacial score (nSPS) is 28.3. The molecule has 0 radical (unpaired) electrons. The van der Waals surface area contributed by atoms with E-state index < -0.39 is 6.09 Å². The highest BCUT2D eigenvalue weighted by atomic mass is 79.9. The summed E-state index contributed by atoms with van der Waals surface area (Å²) in [4.78, 5) is 21.9. The van der Waals surface area contributed by atoms with E-state index in [0.29, 0.717) is 6.54 Å². The van der Waals surface area contributed by atoms with Gasteiger partial charge in [0.25, 0.3) is 4.74 Å². The third-order valence-electron chi connectivity index (χ3n) is 3.34. The summed E-state index contributed by atoms with van der Waals surface area (Å²) in [5, 5.41) is 11.1. The van der Waals surface area contributed by atoms with Crippen LogP contribution in [0.2, 0.25) is 0 Å². The predicted octanol–water partition coefficient (Wildman–Crippen LogP) is -3.79. The van der Waals surface area contributed by atoms with Gasteiger partial charge in [-0.05, 0) is 12.8 Å². The summed E-state index contributed by atoms with van der Waals surface area (Å²) < 4.78 is 0.736. The summed E-state index contributed by atoms with van der Waals surface area (Å²) >= 11 is 3.40. The molecule has 1 saturated heterocycles. The number of amides is 1. The molecule has 2 atom stereocenters. The Morgan fingerprint density at radius 3 is 3.11 bits per heavy atom. The highest BCUT2D eigenvalue weighted by molar-refractivity contribution is 9.18. The van der Waals surface area contributed by atoms with Crippen LogP contribution in [0.15, 0.2) is 33.8 Å². The van der Waals surface area contributed by atoms with Gasteiger partial charge in [-0.15, -0.1) is 0 Å². The number of likely N-dealkylation sites (tertiary alicyclic amines) is 1. The quantitative estimate of drug-likeness (QED) is 0.495. The van der Waals surface area contributed by atoms with E-state index in [1.165, 1.54) is 4.90 Å². The second kappa shape index (κ2) is 5.44. The standard InChI is InChI=1S/C11H11BrN4O2.ClH/c12-10-14-9(8-6-13-3-5-15(8)10)7-2-1-4-16(7)11(17)18;/h3,5-7H,1-2,4H2,(H,17,18);1H/p-1. The molecule has 1 N–H and O–H groups in total. The van der Waals surface area contributed by atoms with Crippen molar-refractivity contribution in [2.45, 2.75) is 18.9 Å². The summed E-state index contributed by atoms with van der Waals surface area (Å²) in [6.45, 7) is 0.513. The Balaban J connectivity index is 0.00000133. The Morgan fingerprint density at radius 1 is 1.58 bits per heavy atom. The zero-order valence-electron chi connectivity index (χ0n) is 9.84. The maximum Gasteiger partial charge on any atom is 0.279 e. The third-order valence-corrected chi connectivity index (χ3v) is 3.95. The van der Waals surface area contributed by atoms with Crippen molar-refractivity contribution in [3.63, 3.8) is 0 Å². The molecule has 1 fully saturated rings. The molecule has 6 nitrogen and oxygen atoms in total. The summed E-state index contributed by atoms with van der Waals surface area (Å²) in [6.07, 6.45) is 5.78. The van der Waals surface area contributed by atoms with Gasteiger partial charge in [0.15, 0.2) is 5.70 Å². The number of amidine groups is 1. The largest absolute Gasteiger partial charge is 1.00 e. The van der Waals surface area contributed by atoms with Crippen LogP contribution < -0.4 is 22.4 Å². The van der Waals surface area contributed by atoms with E-state index in [4.69, 9.17) is 0 Å². The van der Waals surface area contributed by atoms with Crippen LogP contribution >= 0.6 is 15.9 Å². The van der Waals surface area contributed by atoms with Crippen molar-refractivity contribution in [2.75, 3.05) is 6.54 Å². The summed E-state index contributed by atoms with van der Waals surface area (Å²) in [5.41, 5.74) is 1.68. The van der Waals surface area contributed by atoms with Gasteiger partial charge in [-0.1, -0.05) is 0 Å². The minimum atomic E-state index is -1.13. The predicted molar refractivity (Wildman–Crippen MR) is 67.1 cm³/mol. The fourth-order valence-corrected chi connectivity index (χ4v) is 3.06. The van der Waals surface area contributed by atoms with Crippen molar-refractivity contribution >= 4 is 33.0 Å². The number of carbonyl (C=O) groups excluding carboxylic acids is 1. The van der Waals surface area contributed by atoms with Gasteiger partial charge in [0.05, 0.1) is 18.5 Å². The molecular weight excluding hydrogens is 336 g/mol. The molecule has 3 heterocycles. The topological polar surface area (TPSA) is 72.5 Å². The zero-order valence-corrected chi connectivity index (χ0v) is 12.2. The number of nitrogens with one attached hydrogen (secondary N) is 1. The number of carboxylic acid groups (broad SMARTS) is 1. The number of quaternary nitrogens is 1. The minimum absolute atomic E-state index is 0. The number of hydrogen-bond donors (Lipinski definition) is 1. The van der Waals surface area contributed by atoms with Crippen LogP contribution in [-0.4, -0.2) is 34.5 Å². The Morgan fingerprint density at radius 2 is 2.37 bits per heavy atom. The molecule has 102 valence electrons. The zero-order chi connectivity index (χ0) is 12.7. The Labute approximate surface area is 124 Å². The molecule has 0 spiro atoms. The monoisotopic (exact) mass is 345 g/mol. The molecular formula is C11H11BrClN4O2-. The Hall–Kier alpha value is -1.18. The second-order valence-corrected chi connectivity index (χ2v) is 5.08. The van der Waals surface area contributed by atoms with Gasteiger partial charge in [-0.3, -0.25) is 4.99 Å². The van der Waals surface area contributed by atoms with E-state index >= 15 is 0 Å². The molecule has 1 amide bonds. The fourth-order valence-electron chi connectivity index (χ4n) is 2.53. The highest BCUT2D eigenvalue weighted by Gasteiger charge is 2.38. The summed E-state index contributed by atoms with van der Waals surface area (Å²) in [5.74, 6) is 0. The van der Waals surface area contributed by atoms with Gasteiger partial charge in [-0.2, -0.15) is 4.99 Å². The van der Waals surface area contributed by atoms with Crippen LogP contribution in [0.5, 0.6) is 0 Å². The van der Waals surface area contributed by atoms with Crippen LogP contribution in [0.1, 0.15) is 12.8 Å². The SMILES string of the molecule is O=C([O-])N1CCCC1C1=C2C=NC=C[NH+]2C(Br)=N1.[Cl-]. The smallest absolute Gasteiger partial charge is 0.279 e. The van der Waals surface area contributed by atoms with Crippen LogP contribution in [0, 0.1) is 0 Å². The molecule has 3 aliphatic rings. The van der Waals surface area contributed by atoms with E-state index in [1.807, 2.05) is 6.20 Å². The first-order valence-corrected chi connectivity index (χ1v) is 6.51. The number of hydrogen-bond acceptors (Lipinski definition) is 4. The molecule has 0 aromatic rings. The molecule has 8 heteroatoms. The second-order valence-electron chi connectivity index (χ2n) is 4.33. The lowest BCUT2D eigenvalue weighted by molar-refractivity contribution is -0.685. The van der Waals surface area contributed by atoms with Crippen molar-refractivity contribution in [3.8, 4) is 0 Å². The first kappa shape index (κ1) is 14.2. The molecule has 0 aromatic carbocycles. The summed E-state index contributed by atoms with van der Waals surface area (Å²) in [7, 11) is 0. The van der Waals surface area contributed by atoms with Crippen LogP contribution in [0.4, 0.5) is 4.79 Å². The van der Waals surface area contributed by atoms with Crippen molar-refractivity contribution in [1.29, 1.82) is 0 Å². The number of fused-ring (bicyclic) bond motifs is 1. The average Bonchev–Trinajstić information content (AvgIpc) is 2.95. The van der Waals surface area contributed by atoms with Crippen molar-refractivity contribution in [1.82, 2.24) is 4.90 Å². The number of allylic oxidation sites excluding steroid dienone is 1. The molecule has 0 bridgehead atoms.